The lowest BCUT2D eigenvalue weighted by Crippen LogP contribution is -2.53. The van der Waals surface area contributed by atoms with Crippen molar-refractivity contribution in [2.24, 2.45) is 5.92 Å². The van der Waals surface area contributed by atoms with Gasteiger partial charge in [0.25, 0.3) is 11.8 Å². The zero-order valence-corrected chi connectivity index (χ0v) is 16.4. The van der Waals surface area contributed by atoms with Crippen molar-refractivity contribution in [3.63, 3.8) is 0 Å². The maximum Gasteiger partial charge on any atom is 0.265 e. The van der Waals surface area contributed by atoms with Crippen LogP contribution in [-0.2, 0) is 9.59 Å². The molecular weight excluding hydrogens is 360 g/mol. The van der Waals surface area contributed by atoms with Gasteiger partial charge in [0.15, 0.2) is 5.11 Å². The van der Waals surface area contributed by atoms with Gasteiger partial charge in [-0.25, -0.2) is 0 Å². The second-order valence-electron chi connectivity index (χ2n) is 6.77. The monoisotopic (exact) mass is 382 g/mol. The molecule has 1 N–H and O–H groups in total. The smallest absolute Gasteiger partial charge is 0.265 e. The molecule has 1 aliphatic rings. The van der Waals surface area contributed by atoms with Crippen LogP contribution in [0.1, 0.15) is 26.3 Å². The Labute approximate surface area is 164 Å². The summed E-state index contributed by atoms with van der Waals surface area (Å²) in [5, 5.41) is 4.59. The Hall–Kier alpha value is -2.73. The largest absolute Gasteiger partial charge is 0.493 e. The lowest BCUT2D eigenvalue weighted by Gasteiger charge is -2.27. The van der Waals surface area contributed by atoms with E-state index in [1.54, 1.807) is 6.08 Å². The Bertz CT molecular complexity index is 950. The number of hydrogen-bond donors (Lipinski definition) is 1. The quantitative estimate of drug-likeness (QED) is 0.488. The molecule has 0 radical (unpaired) electrons. The highest BCUT2D eigenvalue weighted by molar-refractivity contribution is 7.80. The molecule has 140 valence electrons. The van der Waals surface area contributed by atoms with E-state index in [1.165, 1.54) is 4.90 Å². The van der Waals surface area contributed by atoms with Crippen LogP contribution in [0.5, 0.6) is 5.75 Å². The van der Waals surface area contributed by atoms with Crippen LogP contribution in [-0.4, -0.2) is 35.0 Å². The van der Waals surface area contributed by atoms with Crippen molar-refractivity contribution >= 4 is 46.0 Å². The van der Waals surface area contributed by atoms with Crippen LogP contribution in [0.3, 0.4) is 0 Å². The molecule has 3 rings (SSSR count). The molecule has 1 heterocycles. The second-order valence-corrected chi connectivity index (χ2v) is 7.16. The fourth-order valence-corrected chi connectivity index (χ4v) is 3.24. The SMILES string of the molecule is CCN1C(=O)/C(=C/c2ccc(OCC(C)C)c3ccccc23)C(=O)NC1=S. The van der Waals surface area contributed by atoms with Crippen molar-refractivity contribution in [1.29, 1.82) is 0 Å². The predicted molar refractivity (Wildman–Crippen MR) is 110 cm³/mol. The average molecular weight is 382 g/mol. The zero-order valence-electron chi connectivity index (χ0n) is 15.6. The van der Waals surface area contributed by atoms with Crippen LogP contribution in [0.15, 0.2) is 42.0 Å². The van der Waals surface area contributed by atoms with Gasteiger partial charge >= 0.3 is 0 Å². The molecule has 0 aromatic heterocycles. The van der Waals surface area contributed by atoms with Gasteiger partial charge < -0.3 is 4.74 Å². The molecule has 2 aromatic rings. The van der Waals surface area contributed by atoms with Crippen LogP contribution in [0.25, 0.3) is 16.8 Å². The van der Waals surface area contributed by atoms with Crippen LogP contribution in [0.2, 0.25) is 0 Å². The summed E-state index contributed by atoms with van der Waals surface area (Å²) in [4.78, 5) is 26.3. The predicted octanol–water partition coefficient (Wildman–Crippen LogP) is 3.52. The van der Waals surface area contributed by atoms with E-state index in [2.05, 4.69) is 19.2 Å². The van der Waals surface area contributed by atoms with Gasteiger partial charge in [-0.15, -0.1) is 0 Å². The Morgan fingerprint density at radius 3 is 2.52 bits per heavy atom. The molecule has 0 spiro atoms. The Morgan fingerprint density at radius 1 is 1.15 bits per heavy atom. The van der Waals surface area contributed by atoms with Gasteiger partial charge in [0, 0.05) is 11.9 Å². The maximum atomic E-state index is 12.6. The van der Waals surface area contributed by atoms with Gasteiger partial charge in [-0.2, -0.15) is 0 Å². The van der Waals surface area contributed by atoms with Crippen molar-refractivity contribution in [1.82, 2.24) is 10.2 Å². The highest BCUT2D eigenvalue weighted by atomic mass is 32.1. The number of ether oxygens (including phenoxy) is 1. The van der Waals surface area contributed by atoms with E-state index >= 15 is 0 Å². The molecule has 0 aliphatic carbocycles. The Balaban J connectivity index is 2.06. The van der Waals surface area contributed by atoms with Crippen LogP contribution < -0.4 is 10.1 Å². The number of fused-ring (bicyclic) bond motifs is 1. The summed E-state index contributed by atoms with van der Waals surface area (Å²) < 4.78 is 5.92. The fourth-order valence-electron chi connectivity index (χ4n) is 2.94. The second kappa shape index (κ2) is 7.88. The molecule has 2 amide bonds. The summed E-state index contributed by atoms with van der Waals surface area (Å²) in [5.41, 5.74) is 0.858. The number of thiocarbonyl (C=S) groups is 1. The molecule has 2 aromatic carbocycles. The summed E-state index contributed by atoms with van der Waals surface area (Å²) in [5.74, 6) is 0.351. The molecule has 1 saturated heterocycles. The third kappa shape index (κ3) is 3.85. The Morgan fingerprint density at radius 2 is 1.85 bits per heavy atom. The minimum absolute atomic E-state index is 0.0754. The highest BCUT2D eigenvalue weighted by Gasteiger charge is 2.32. The van der Waals surface area contributed by atoms with Gasteiger partial charge in [-0.05, 0) is 48.2 Å². The highest BCUT2D eigenvalue weighted by Crippen LogP contribution is 2.30. The summed E-state index contributed by atoms with van der Waals surface area (Å²) >= 11 is 5.07. The minimum atomic E-state index is -0.473. The van der Waals surface area contributed by atoms with Gasteiger partial charge in [-0.1, -0.05) is 44.2 Å². The minimum Gasteiger partial charge on any atom is -0.493 e. The van der Waals surface area contributed by atoms with E-state index in [9.17, 15) is 9.59 Å². The number of likely N-dealkylation sites (N-methyl/N-ethyl adjacent to an activating group) is 1. The maximum absolute atomic E-state index is 12.6. The zero-order chi connectivity index (χ0) is 19.6. The van der Waals surface area contributed by atoms with E-state index in [4.69, 9.17) is 17.0 Å². The average Bonchev–Trinajstić information content (AvgIpc) is 2.64. The standard InChI is InChI=1S/C21H22N2O3S/c1-4-23-20(25)17(19(24)22-21(23)27)11-14-9-10-18(26-12-13(2)3)16-8-6-5-7-15(14)16/h5-11,13H,4,12H2,1-3H3,(H,22,24,27)/b17-11+. The first-order valence-corrected chi connectivity index (χ1v) is 9.36. The van der Waals surface area contributed by atoms with Gasteiger partial charge in [0.2, 0.25) is 0 Å². The normalized spacial score (nSPS) is 16.4. The third-order valence-corrected chi connectivity index (χ3v) is 4.61. The van der Waals surface area contributed by atoms with Crippen molar-refractivity contribution in [3.05, 3.63) is 47.5 Å². The lowest BCUT2D eigenvalue weighted by molar-refractivity contribution is -0.128. The number of carbonyl (C=O) groups excluding carboxylic acids is 2. The Kier molecular flexibility index (Phi) is 5.56. The van der Waals surface area contributed by atoms with E-state index in [0.717, 1.165) is 22.1 Å². The summed E-state index contributed by atoms with van der Waals surface area (Å²) in [6.07, 6.45) is 1.62. The molecule has 0 atom stereocenters. The number of carbonyl (C=O) groups is 2. The topological polar surface area (TPSA) is 58.6 Å². The lowest BCUT2D eigenvalue weighted by atomic mass is 10.00. The van der Waals surface area contributed by atoms with Crippen molar-refractivity contribution in [2.45, 2.75) is 20.8 Å². The van der Waals surface area contributed by atoms with E-state index in [0.29, 0.717) is 19.1 Å². The molecule has 0 saturated carbocycles. The van der Waals surface area contributed by atoms with Crippen LogP contribution in [0, 0.1) is 5.92 Å². The number of nitrogens with zero attached hydrogens (tertiary/aromatic N) is 1. The number of amides is 2. The van der Waals surface area contributed by atoms with Gasteiger partial charge in [-0.3, -0.25) is 19.8 Å². The number of hydrogen-bond acceptors (Lipinski definition) is 4. The van der Waals surface area contributed by atoms with Crippen LogP contribution >= 0.6 is 12.2 Å². The van der Waals surface area contributed by atoms with Crippen molar-refractivity contribution in [2.75, 3.05) is 13.2 Å². The van der Waals surface area contributed by atoms with Crippen molar-refractivity contribution in [3.8, 4) is 5.75 Å². The summed E-state index contributed by atoms with van der Waals surface area (Å²) in [6.45, 7) is 7.03. The van der Waals surface area contributed by atoms with E-state index < -0.39 is 5.91 Å². The number of rotatable bonds is 5. The molecule has 6 heteroatoms. The summed E-state index contributed by atoms with van der Waals surface area (Å²) in [7, 11) is 0. The molecule has 1 fully saturated rings. The molecule has 0 bridgehead atoms. The van der Waals surface area contributed by atoms with Gasteiger partial charge in [0.1, 0.15) is 11.3 Å². The molecule has 5 nitrogen and oxygen atoms in total. The molecular formula is C21H22N2O3S. The number of benzene rings is 2. The molecule has 0 unspecified atom stereocenters. The summed E-state index contributed by atoms with van der Waals surface area (Å²) in [6, 6.07) is 11.5. The first-order valence-electron chi connectivity index (χ1n) is 8.95. The van der Waals surface area contributed by atoms with E-state index in [-0.39, 0.29) is 16.6 Å². The van der Waals surface area contributed by atoms with Crippen LogP contribution in [0.4, 0.5) is 0 Å². The van der Waals surface area contributed by atoms with E-state index in [1.807, 2.05) is 43.3 Å². The first kappa shape index (κ1) is 19.0. The third-order valence-electron chi connectivity index (χ3n) is 4.29. The fraction of sp³-hybridized carbons (Fsp3) is 0.286. The molecule has 27 heavy (non-hydrogen) atoms. The first-order chi connectivity index (χ1) is 12.9. The van der Waals surface area contributed by atoms with Crippen molar-refractivity contribution < 1.29 is 14.3 Å². The molecule has 1 aliphatic heterocycles. The van der Waals surface area contributed by atoms with Gasteiger partial charge in [0.05, 0.1) is 6.61 Å². The number of nitrogens with one attached hydrogen (secondary N) is 1.